The summed E-state index contributed by atoms with van der Waals surface area (Å²) in [6.07, 6.45) is 3.98. The number of hydrogen-bond donors (Lipinski definition) is 2. The number of rotatable bonds is 10. The van der Waals surface area contributed by atoms with Gasteiger partial charge in [0, 0.05) is 17.4 Å². The Bertz CT molecular complexity index is 1280. The van der Waals surface area contributed by atoms with Crippen LogP contribution >= 0.6 is 11.3 Å². The number of nitrogens with zero attached hydrogens (tertiary/aromatic N) is 3. The Kier molecular flexibility index (Phi) is 6.68. The zero-order valence-electron chi connectivity index (χ0n) is 17.7. The van der Waals surface area contributed by atoms with Crippen molar-refractivity contribution in [2.24, 2.45) is 5.73 Å². The van der Waals surface area contributed by atoms with Gasteiger partial charge in [-0.05, 0) is 31.4 Å². The number of thiazole rings is 1. The average Bonchev–Trinajstić information content (AvgIpc) is 3.56. The molecular formula is C21H22FN5O4S2. The number of ketones is 1. The molecule has 1 aliphatic rings. The van der Waals surface area contributed by atoms with Crippen molar-refractivity contribution in [2.45, 2.75) is 37.5 Å². The number of Topliss-reactive ketones (excluding diaryl/α,β-unsaturated/α-hetero) is 1. The van der Waals surface area contributed by atoms with Gasteiger partial charge in [0.2, 0.25) is 15.9 Å². The van der Waals surface area contributed by atoms with Crippen LogP contribution in [-0.4, -0.2) is 41.0 Å². The number of nitrogens with two attached hydrogens (primary N) is 1. The van der Waals surface area contributed by atoms with Gasteiger partial charge in [-0.2, -0.15) is 0 Å². The van der Waals surface area contributed by atoms with E-state index in [4.69, 9.17) is 10.5 Å². The quantitative estimate of drug-likeness (QED) is 0.442. The Labute approximate surface area is 194 Å². The Hall–Kier alpha value is -2.96. The minimum absolute atomic E-state index is 0.158. The zero-order chi connectivity index (χ0) is 23.6. The van der Waals surface area contributed by atoms with E-state index in [-0.39, 0.29) is 22.8 Å². The van der Waals surface area contributed by atoms with E-state index in [1.54, 1.807) is 6.07 Å². The van der Waals surface area contributed by atoms with Crippen molar-refractivity contribution >= 4 is 32.3 Å². The lowest BCUT2D eigenvalue weighted by Crippen LogP contribution is -2.24. The van der Waals surface area contributed by atoms with Crippen LogP contribution in [0.5, 0.6) is 5.88 Å². The highest BCUT2D eigenvalue weighted by Crippen LogP contribution is 2.31. The van der Waals surface area contributed by atoms with Crippen molar-refractivity contribution in [2.75, 3.05) is 11.3 Å². The van der Waals surface area contributed by atoms with Crippen LogP contribution < -0.4 is 15.2 Å². The smallest absolute Gasteiger partial charge is 0.237 e. The number of ether oxygens (including phenoxy) is 1. The van der Waals surface area contributed by atoms with E-state index in [1.165, 1.54) is 29.9 Å². The molecule has 33 heavy (non-hydrogen) atoms. The van der Waals surface area contributed by atoms with Crippen LogP contribution in [0.1, 0.15) is 37.1 Å². The van der Waals surface area contributed by atoms with Gasteiger partial charge in [-0.25, -0.2) is 22.8 Å². The molecule has 9 nitrogen and oxygen atoms in total. The Morgan fingerprint density at radius 3 is 2.82 bits per heavy atom. The molecule has 1 fully saturated rings. The highest BCUT2D eigenvalue weighted by Gasteiger charge is 2.36. The van der Waals surface area contributed by atoms with E-state index in [9.17, 15) is 17.6 Å². The summed E-state index contributed by atoms with van der Waals surface area (Å²) in [6, 6.07) is 3.32. The largest absolute Gasteiger partial charge is 0.477 e. The van der Waals surface area contributed by atoms with Crippen molar-refractivity contribution in [1.82, 2.24) is 15.0 Å². The lowest BCUT2D eigenvalue weighted by atomic mass is 10.0. The van der Waals surface area contributed by atoms with Gasteiger partial charge >= 0.3 is 0 Å². The molecule has 3 aromatic rings. The lowest BCUT2D eigenvalue weighted by Gasteiger charge is -2.10. The molecule has 3 N–H and O–H groups in total. The molecule has 0 amide bonds. The van der Waals surface area contributed by atoms with Crippen molar-refractivity contribution in [3.8, 4) is 17.1 Å². The summed E-state index contributed by atoms with van der Waals surface area (Å²) in [4.78, 5) is 25.1. The predicted molar refractivity (Wildman–Crippen MR) is 122 cm³/mol. The van der Waals surface area contributed by atoms with Gasteiger partial charge in [-0.3, -0.25) is 14.5 Å². The maximum atomic E-state index is 14.7. The van der Waals surface area contributed by atoms with Crippen LogP contribution in [0.4, 0.5) is 9.52 Å². The SMILES string of the molecule is CCOc1cncc(-c2ccc(CC(=O)C(N)c3csc(NS(=O)(=O)C4CC4)n3)c(F)c2)n1. The summed E-state index contributed by atoms with van der Waals surface area (Å²) in [5.74, 6) is -0.683. The third-order valence-corrected chi connectivity index (χ3v) is 7.73. The third kappa shape index (κ3) is 5.52. The molecule has 0 bridgehead atoms. The normalized spacial score (nSPS) is 14.6. The molecule has 174 valence electrons. The second-order valence-corrected chi connectivity index (χ2v) is 10.3. The number of aromatic nitrogens is 3. The van der Waals surface area contributed by atoms with Crippen LogP contribution in [0.3, 0.4) is 0 Å². The topological polar surface area (TPSA) is 137 Å². The summed E-state index contributed by atoms with van der Waals surface area (Å²) < 4.78 is 46.5. The first-order valence-electron chi connectivity index (χ1n) is 10.3. The molecule has 2 heterocycles. The van der Waals surface area contributed by atoms with Crippen molar-refractivity contribution in [3.63, 3.8) is 0 Å². The van der Waals surface area contributed by atoms with E-state index in [0.29, 0.717) is 36.6 Å². The van der Waals surface area contributed by atoms with Crippen molar-refractivity contribution in [1.29, 1.82) is 0 Å². The molecule has 0 spiro atoms. The van der Waals surface area contributed by atoms with E-state index >= 15 is 0 Å². The van der Waals surface area contributed by atoms with Gasteiger partial charge in [-0.1, -0.05) is 12.1 Å². The molecule has 4 rings (SSSR count). The summed E-state index contributed by atoms with van der Waals surface area (Å²) >= 11 is 1.05. The van der Waals surface area contributed by atoms with Gasteiger partial charge in [0.25, 0.3) is 0 Å². The first kappa shape index (κ1) is 23.2. The number of hydrogen-bond acceptors (Lipinski definition) is 9. The van der Waals surface area contributed by atoms with Crippen molar-refractivity contribution < 1.29 is 22.3 Å². The first-order chi connectivity index (χ1) is 15.8. The van der Waals surface area contributed by atoms with Gasteiger partial charge < -0.3 is 10.5 Å². The van der Waals surface area contributed by atoms with E-state index < -0.39 is 32.9 Å². The van der Waals surface area contributed by atoms with Crippen molar-refractivity contribution in [3.05, 3.63) is 53.0 Å². The minimum atomic E-state index is -3.45. The summed E-state index contributed by atoms with van der Waals surface area (Å²) in [5, 5.41) is 1.29. The molecule has 0 saturated heterocycles. The van der Waals surface area contributed by atoms with E-state index in [0.717, 1.165) is 11.3 Å². The Balaban J connectivity index is 1.43. The molecule has 1 atom stereocenters. The van der Waals surface area contributed by atoms with Gasteiger partial charge in [0.15, 0.2) is 10.9 Å². The molecular weight excluding hydrogens is 469 g/mol. The van der Waals surface area contributed by atoms with Gasteiger partial charge in [0.1, 0.15) is 11.9 Å². The number of nitrogens with one attached hydrogen (secondary N) is 1. The van der Waals surface area contributed by atoms with Crippen LogP contribution in [0.2, 0.25) is 0 Å². The Morgan fingerprint density at radius 1 is 1.33 bits per heavy atom. The first-order valence-corrected chi connectivity index (χ1v) is 12.7. The highest BCUT2D eigenvalue weighted by molar-refractivity contribution is 7.93. The predicted octanol–water partition coefficient (Wildman–Crippen LogP) is 2.85. The highest BCUT2D eigenvalue weighted by atomic mass is 32.2. The molecule has 0 radical (unpaired) electrons. The monoisotopic (exact) mass is 491 g/mol. The maximum Gasteiger partial charge on any atom is 0.237 e. The summed E-state index contributed by atoms with van der Waals surface area (Å²) in [5.41, 5.74) is 7.37. The molecule has 1 unspecified atom stereocenters. The zero-order valence-corrected chi connectivity index (χ0v) is 19.3. The third-order valence-electron chi connectivity index (χ3n) is 5.00. The number of anilines is 1. The maximum absolute atomic E-state index is 14.7. The molecule has 1 saturated carbocycles. The van der Waals surface area contributed by atoms with Crippen LogP contribution in [-0.2, 0) is 21.2 Å². The van der Waals surface area contributed by atoms with Gasteiger partial charge in [0.05, 0.1) is 35.6 Å². The fourth-order valence-corrected chi connectivity index (χ4v) is 5.42. The summed E-state index contributed by atoms with van der Waals surface area (Å²) in [7, 11) is -3.45. The molecule has 2 aromatic heterocycles. The molecule has 0 aliphatic heterocycles. The molecule has 1 aromatic carbocycles. The number of halogens is 1. The Morgan fingerprint density at radius 2 is 2.12 bits per heavy atom. The van der Waals surface area contributed by atoms with E-state index in [1.807, 2.05) is 6.92 Å². The molecule has 12 heteroatoms. The average molecular weight is 492 g/mol. The standard InChI is InChI=1S/C21H22FN5O4S2/c1-2-31-19-10-24-9-16(25-19)13-4-3-12(15(22)7-13)8-18(28)20(23)17-11-32-21(26-17)27-33(29,30)14-5-6-14/h3-4,7,9-11,14,20H,2,5-6,8,23H2,1H3,(H,26,27). The van der Waals surface area contributed by atoms with Gasteiger partial charge in [-0.15, -0.1) is 11.3 Å². The summed E-state index contributed by atoms with van der Waals surface area (Å²) in [6.45, 7) is 2.25. The van der Waals surface area contributed by atoms with Crippen LogP contribution in [0, 0.1) is 5.82 Å². The second kappa shape index (κ2) is 9.49. The number of carbonyl (C=O) groups is 1. The number of sulfonamides is 1. The number of carbonyl (C=O) groups excluding carboxylic acids is 1. The molecule has 1 aliphatic carbocycles. The minimum Gasteiger partial charge on any atom is -0.477 e. The number of benzene rings is 1. The van der Waals surface area contributed by atoms with Crippen LogP contribution in [0.25, 0.3) is 11.3 Å². The fraction of sp³-hybridized carbons (Fsp3) is 0.333. The lowest BCUT2D eigenvalue weighted by molar-refractivity contribution is -0.119. The second-order valence-electron chi connectivity index (χ2n) is 7.53. The van der Waals surface area contributed by atoms with Crippen LogP contribution in [0.15, 0.2) is 36.0 Å². The fourth-order valence-electron chi connectivity index (χ4n) is 3.08. The van der Waals surface area contributed by atoms with E-state index in [2.05, 4.69) is 19.7 Å².